The van der Waals surface area contributed by atoms with Crippen LogP contribution in [0.15, 0.2) is 30.3 Å². The highest BCUT2D eigenvalue weighted by Gasteiger charge is 2.28. The van der Waals surface area contributed by atoms with Crippen LogP contribution in [-0.2, 0) is 9.53 Å². The third-order valence-electron chi connectivity index (χ3n) is 3.45. The Kier molecular flexibility index (Phi) is 4.83. The van der Waals surface area contributed by atoms with Crippen molar-refractivity contribution >= 4 is 23.3 Å². The molecular formula is C16H10F2N2O7. The quantitative estimate of drug-likeness (QED) is 0.481. The molecule has 0 atom stereocenters. The van der Waals surface area contributed by atoms with E-state index in [1.165, 1.54) is 0 Å². The van der Waals surface area contributed by atoms with E-state index in [0.717, 1.165) is 24.3 Å². The van der Waals surface area contributed by atoms with Gasteiger partial charge in [0.25, 0.3) is 11.6 Å². The van der Waals surface area contributed by atoms with Crippen LogP contribution >= 0.6 is 0 Å². The summed E-state index contributed by atoms with van der Waals surface area (Å²) in [7, 11) is 0. The standard InChI is InChI=1S/C16H10F2N2O7/c17-8-1-2-11(10(18)3-8)19-15(21)6-25-16(22)9-4-13-14(27-7-26-13)5-12(9)20(23)24/h1-5H,6-7H2,(H,19,21). The number of hydrogen-bond acceptors (Lipinski definition) is 7. The number of nitro benzene ring substituents is 1. The van der Waals surface area contributed by atoms with Gasteiger partial charge in [-0.2, -0.15) is 0 Å². The number of benzene rings is 2. The maximum atomic E-state index is 13.5. The fourth-order valence-corrected chi connectivity index (χ4v) is 2.23. The van der Waals surface area contributed by atoms with Gasteiger partial charge in [0, 0.05) is 12.1 Å². The summed E-state index contributed by atoms with van der Waals surface area (Å²) >= 11 is 0. The zero-order valence-corrected chi connectivity index (χ0v) is 13.4. The molecule has 0 aromatic heterocycles. The molecule has 1 heterocycles. The van der Waals surface area contributed by atoms with E-state index in [-0.39, 0.29) is 24.0 Å². The van der Waals surface area contributed by atoms with Gasteiger partial charge in [0.2, 0.25) is 6.79 Å². The molecule has 0 saturated heterocycles. The van der Waals surface area contributed by atoms with Crippen LogP contribution < -0.4 is 14.8 Å². The number of halogens is 2. The summed E-state index contributed by atoms with van der Waals surface area (Å²) in [6.45, 7) is -1.00. The fraction of sp³-hybridized carbons (Fsp3) is 0.125. The van der Waals surface area contributed by atoms with E-state index >= 15 is 0 Å². The molecule has 11 heteroatoms. The predicted octanol–water partition coefficient (Wildman–Crippen LogP) is 2.40. The highest BCUT2D eigenvalue weighted by molar-refractivity contribution is 5.98. The number of carbonyl (C=O) groups excluding carboxylic acids is 2. The van der Waals surface area contributed by atoms with Crippen LogP contribution in [-0.4, -0.2) is 30.2 Å². The molecule has 9 nitrogen and oxygen atoms in total. The largest absolute Gasteiger partial charge is 0.454 e. The van der Waals surface area contributed by atoms with Crippen molar-refractivity contribution in [2.75, 3.05) is 18.7 Å². The third-order valence-corrected chi connectivity index (χ3v) is 3.45. The number of anilines is 1. The minimum absolute atomic E-state index is 0.0998. The van der Waals surface area contributed by atoms with Crippen molar-refractivity contribution in [1.29, 1.82) is 0 Å². The van der Waals surface area contributed by atoms with Crippen LogP contribution in [0.1, 0.15) is 10.4 Å². The average molecular weight is 380 g/mol. The Morgan fingerprint density at radius 1 is 1.19 bits per heavy atom. The molecule has 1 aliphatic heterocycles. The van der Waals surface area contributed by atoms with E-state index in [4.69, 9.17) is 14.2 Å². The molecule has 0 radical (unpaired) electrons. The van der Waals surface area contributed by atoms with E-state index in [1.807, 2.05) is 0 Å². The van der Waals surface area contributed by atoms with Crippen LogP contribution in [0.3, 0.4) is 0 Å². The second-order valence-electron chi connectivity index (χ2n) is 5.23. The normalized spacial score (nSPS) is 11.8. The Labute approximate surface area is 149 Å². The SMILES string of the molecule is O=C(COC(=O)c1cc2c(cc1[N+](=O)[O-])OCO2)Nc1ccc(F)cc1F. The summed E-state index contributed by atoms with van der Waals surface area (Å²) in [4.78, 5) is 34.2. The van der Waals surface area contributed by atoms with Gasteiger partial charge in [0.15, 0.2) is 18.1 Å². The molecule has 0 bridgehead atoms. The molecule has 27 heavy (non-hydrogen) atoms. The average Bonchev–Trinajstić information content (AvgIpc) is 3.08. The van der Waals surface area contributed by atoms with Crippen molar-refractivity contribution in [3.63, 3.8) is 0 Å². The lowest BCUT2D eigenvalue weighted by atomic mass is 10.1. The molecule has 2 aromatic carbocycles. The predicted molar refractivity (Wildman–Crippen MR) is 84.5 cm³/mol. The van der Waals surface area contributed by atoms with E-state index < -0.39 is 46.3 Å². The molecule has 0 saturated carbocycles. The third kappa shape index (κ3) is 3.92. The Morgan fingerprint density at radius 2 is 1.89 bits per heavy atom. The molecule has 1 amide bonds. The fourth-order valence-electron chi connectivity index (χ4n) is 2.23. The summed E-state index contributed by atoms with van der Waals surface area (Å²) in [5.41, 5.74) is -1.34. The van der Waals surface area contributed by atoms with Gasteiger partial charge < -0.3 is 19.5 Å². The van der Waals surface area contributed by atoms with Gasteiger partial charge in [-0.05, 0) is 12.1 Å². The number of esters is 1. The van der Waals surface area contributed by atoms with E-state index in [0.29, 0.717) is 6.07 Å². The molecule has 0 spiro atoms. The van der Waals surface area contributed by atoms with E-state index in [2.05, 4.69) is 5.32 Å². The maximum absolute atomic E-state index is 13.5. The Balaban J connectivity index is 1.69. The van der Waals surface area contributed by atoms with Gasteiger partial charge in [-0.1, -0.05) is 0 Å². The summed E-state index contributed by atoms with van der Waals surface area (Å²) < 4.78 is 41.1. The van der Waals surface area contributed by atoms with Crippen molar-refractivity contribution in [3.05, 3.63) is 57.6 Å². The lowest BCUT2D eigenvalue weighted by Gasteiger charge is -2.08. The minimum atomic E-state index is -1.16. The molecule has 2 aromatic rings. The summed E-state index contributed by atoms with van der Waals surface area (Å²) in [6, 6.07) is 4.57. The van der Waals surface area contributed by atoms with Crippen molar-refractivity contribution < 1.29 is 37.5 Å². The van der Waals surface area contributed by atoms with Crippen molar-refractivity contribution in [2.45, 2.75) is 0 Å². The number of nitrogens with zero attached hydrogens (tertiary/aromatic N) is 1. The Morgan fingerprint density at radius 3 is 2.56 bits per heavy atom. The van der Waals surface area contributed by atoms with Gasteiger partial charge >= 0.3 is 5.97 Å². The molecule has 0 unspecified atom stereocenters. The van der Waals surface area contributed by atoms with Crippen LogP contribution in [0.25, 0.3) is 0 Å². The zero-order chi connectivity index (χ0) is 19.6. The Bertz CT molecular complexity index is 949. The molecule has 0 aliphatic carbocycles. The first-order valence-corrected chi connectivity index (χ1v) is 7.35. The topological polar surface area (TPSA) is 117 Å². The first-order chi connectivity index (χ1) is 12.8. The summed E-state index contributed by atoms with van der Waals surface area (Å²) in [5.74, 6) is -3.70. The monoisotopic (exact) mass is 380 g/mol. The molecule has 140 valence electrons. The number of carbonyl (C=O) groups is 2. The van der Waals surface area contributed by atoms with Crippen molar-refractivity contribution in [1.82, 2.24) is 0 Å². The van der Waals surface area contributed by atoms with Gasteiger partial charge in [-0.25, -0.2) is 13.6 Å². The maximum Gasteiger partial charge on any atom is 0.345 e. The number of nitrogens with one attached hydrogen (secondary N) is 1. The number of ether oxygens (including phenoxy) is 3. The number of rotatable bonds is 5. The number of fused-ring (bicyclic) bond motifs is 1. The van der Waals surface area contributed by atoms with Crippen molar-refractivity contribution in [3.8, 4) is 11.5 Å². The summed E-state index contributed by atoms with van der Waals surface area (Å²) in [5, 5.41) is 13.2. The molecular weight excluding hydrogens is 370 g/mol. The lowest BCUT2D eigenvalue weighted by molar-refractivity contribution is -0.385. The first kappa shape index (κ1) is 18.0. The van der Waals surface area contributed by atoms with Crippen LogP contribution in [0.4, 0.5) is 20.2 Å². The van der Waals surface area contributed by atoms with Crippen LogP contribution in [0.5, 0.6) is 11.5 Å². The lowest BCUT2D eigenvalue weighted by Crippen LogP contribution is -2.22. The van der Waals surface area contributed by atoms with Crippen LogP contribution in [0, 0.1) is 21.7 Å². The van der Waals surface area contributed by atoms with E-state index in [1.54, 1.807) is 0 Å². The van der Waals surface area contributed by atoms with Crippen molar-refractivity contribution in [2.24, 2.45) is 0 Å². The zero-order valence-electron chi connectivity index (χ0n) is 13.4. The minimum Gasteiger partial charge on any atom is -0.454 e. The van der Waals surface area contributed by atoms with Gasteiger partial charge in [-0.3, -0.25) is 14.9 Å². The molecule has 0 fully saturated rings. The molecule has 3 rings (SSSR count). The summed E-state index contributed by atoms with van der Waals surface area (Å²) in [6.07, 6.45) is 0. The Hall–Kier alpha value is -3.76. The number of hydrogen-bond donors (Lipinski definition) is 1. The number of nitro groups is 1. The van der Waals surface area contributed by atoms with Gasteiger partial charge in [-0.15, -0.1) is 0 Å². The van der Waals surface area contributed by atoms with E-state index in [9.17, 15) is 28.5 Å². The smallest absolute Gasteiger partial charge is 0.345 e. The second kappa shape index (κ2) is 7.23. The highest BCUT2D eigenvalue weighted by Crippen LogP contribution is 2.38. The molecule has 1 N–H and O–H groups in total. The number of amides is 1. The highest BCUT2D eigenvalue weighted by atomic mass is 19.1. The molecule has 1 aliphatic rings. The first-order valence-electron chi connectivity index (χ1n) is 7.35. The van der Waals surface area contributed by atoms with Gasteiger partial charge in [0.1, 0.15) is 17.2 Å². The van der Waals surface area contributed by atoms with Gasteiger partial charge in [0.05, 0.1) is 16.7 Å². The second-order valence-corrected chi connectivity index (χ2v) is 5.23. The van der Waals surface area contributed by atoms with Crippen LogP contribution in [0.2, 0.25) is 0 Å².